The van der Waals surface area contributed by atoms with E-state index in [0.29, 0.717) is 32.2 Å². The normalized spacial score (nSPS) is 22.9. The zero-order valence-corrected chi connectivity index (χ0v) is 46.2. The molecule has 5 atom stereocenters. The number of likely N-dealkylation sites (tertiary alicyclic amines) is 1. The van der Waals surface area contributed by atoms with Crippen LogP contribution in [0, 0.1) is 34.5 Å². The lowest BCUT2D eigenvalue weighted by Crippen LogP contribution is -2.63. The number of amides is 4. The maximum Gasteiger partial charge on any atom is 0.315 e. The lowest BCUT2D eigenvalue weighted by atomic mass is 9.82. The largest absolute Gasteiger partial charge is 0.347 e. The van der Waals surface area contributed by atoms with Crippen LogP contribution in [0.3, 0.4) is 0 Å². The van der Waals surface area contributed by atoms with E-state index in [4.69, 9.17) is 0 Å². The molecule has 0 aromatic rings. The molecule has 5 saturated carbocycles. The summed E-state index contributed by atoms with van der Waals surface area (Å²) in [6, 6.07) is -1.69. The molecule has 0 unspecified atom stereocenters. The number of rotatable bonds is 15. The molecule has 0 bridgehead atoms. The molecule has 6 fully saturated rings. The van der Waals surface area contributed by atoms with E-state index in [1.54, 1.807) is 17.9 Å². The SMILES string of the molecule is C=CC(C)(C)[C@H](NC(=O)NC1(CS(=O)(=O)C2(C)CC2)CCCCC1)C(=O)N1C[C@H]2[C@@H]([C@H]1C(C)=O)C2(C)C.CC.CC.CC.CC.CC.CCC.C[C@@H](CCC1CC1)C(=O)C(=O)NC1CC1. The number of hydrogen-bond donors (Lipinski definition) is 3. The van der Waals surface area contributed by atoms with Gasteiger partial charge in [0.2, 0.25) is 11.7 Å². The summed E-state index contributed by atoms with van der Waals surface area (Å²) in [5.74, 6) is 0.162. The molecule has 1 heterocycles. The average molecular weight is 939 g/mol. The van der Waals surface area contributed by atoms with Crippen molar-refractivity contribution in [3.8, 4) is 0 Å². The minimum Gasteiger partial charge on any atom is -0.347 e. The minimum absolute atomic E-state index is 0.0262. The van der Waals surface area contributed by atoms with Crippen molar-refractivity contribution < 1.29 is 32.4 Å². The van der Waals surface area contributed by atoms with Gasteiger partial charge in [0.15, 0.2) is 15.6 Å². The van der Waals surface area contributed by atoms with Crippen LogP contribution in [0.5, 0.6) is 0 Å². The van der Waals surface area contributed by atoms with Crippen molar-refractivity contribution in [2.24, 2.45) is 34.5 Å². The van der Waals surface area contributed by atoms with Gasteiger partial charge in [-0.1, -0.05) is 162 Å². The Morgan fingerprint density at radius 2 is 1.31 bits per heavy atom. The molecule has 1 saturated heterocycles. The van der Waals surface area contributed by atoms with E-state index in [9.17, 15) is 32.4 Å². The predicted octanol–water partition coefficient (Wildman–Crippen LogP) is 11.8. The number of Topliss-reactive ketones (excluding diaryl/α,β-unsaturated/α-hetero) is 2. The summed E-state index contributed by atoms with van der Waals surface area (Å²) >= 11 is 0. The van der Waals surface area contributed by atoms with Crippen molar-refractivity contribution in [3.63, 3.8) is 0 Å². The highest BCUT2D eigenvalue weighted by atomic mass is 32.2. The van der Waals surface area contributed by atoms with Crippen molar-refractivity contribution >= 4 is 39.2 Å². The van der Waals surface area contributed by atoms with Crippen LogP contribution in [0.25, 0.3) is 0 Å². The molecule has 3 N–H and O–H groups in total. The van der Waals surface area contributed by atoms with Gasteiger partial charge in [-0.25, -0.2) is 13.2 Å². The summed E-state index contributed by atoms with van der Waals surface area (Å²) in [6.45, 7) is 41.8. The number of piperidine rings is 1. The van der Waals surface area contributed by atoms with Crippen LogP contribution in [-0.4, -0.2) is 83.4 Å². The highest BCUT2D eigenvalue weighted by molar-refractivity contribution is 7.93. The van der Waals surface area contributed by atoms with E-state index >= 15 is 0 Å². The summed E-state index contributed by atoms with van der Waals surface area (Å²) in [6.07, 6.45) is 14.8. The molecular weight excluding hydrogens is 837 g/mol. The highest BCUT2D eigenvalue weighted by Gasteiger charge is 2.69. The van der Waals surface area contributed by atoms with Crippen LogP contribution in [0.15, 0.2) is 12.7 Å². The Hall–Kier alpha value is -2.76. The second-order valence-corrected chi connectivity index (χ2v) is 21.9. The summed E-state index contributed by atoms with van der Waals surface area (Å²) < 4.78 is 25.7. The van der Waals surface area contributed by atoms with Crippen LogP contribution < -0.4 is 16.0 Å². The Morgan fingerprint density at radius 1 is 0.815 bits per heavy atom. The van der Waals surface area contributed by atoms with Gasteiger partial charge in [0.1, 0.15) is 6.04 Å². The van der Waals surface area contributed by atoms with Crippen LogP contribution in [0.4, 0.5) is 4.79 Å². The first-order valence-electron chi connectivity index (χ1n) is 26.2. The van der Waals surface area contributed by atoms with E-state index in [0.717, 1.165) is 50.9 Å². The van der Waals surface area contributed by atoms with Crippen molar-refractivity contribution in [1.29, 1.82) is 0 Å². The van der Waals surface area contributed by atoms with Crippen molar-refractivity contribution in [2.45, 2.75) is 250 Å². The maximum absolute atomic E-state index is 13.9. The summed E-state index contributed by atoms with van der Waals surface area (Å²) in [5.41, 5.74) is -1.61. The van der Waals surface area contributed by atoms with E-state index in [2.05, 4.69) is 50.2 Å². The zero-order chi connectivity index (χ0) is 51.1. The molecule has 6 rings (SSSR count). The summed E-state index contributed by atoms with van der Waals surface area (Å²) in [7, 11) is -3.38. The monoisotopic (exact) mass is 939 g/mol. The molecule has 0 aromatic carbocycles. The molecule has 382 valence electrons. The van der Waals surface area contributed by atoms with Gasteiger partial charge < -0.3 is 20.9 Å². The van der Waals surface area contributed by atoms with Gasteiger partial charge in [0.05, 0.1) is 22.1 Å². The Kier molecular flexibility index (Phi) is 29.6. The first-order chi connectivity index (χ1) is 30.6. The van der Waals surface area contributed by atoms with Gasteiger partial charge in [-0.3, -0.25) is 19.2 Å². The number of nitrogens with one attached hydrogen (secondary N) is 3. The van der Waals surface area contributed by atoms with E-state index < -0.39 is 43.7 Å². The highest BCUT2D eigenvalue weighted by Crippen LogP contribution is 2.65. The molecular formula is C53H102N4O7S. The molecule has 6 aliphatic rings. The molecule has 1 aliphatic heterocycles. The number of carbonyl (C=O) groups excluding carboxylic acids is 5. The third kappa shape index (κ3) is 19.0. The Bertz CT molecular complexity index is 1560. The number of nitrogens with zero attached hydrogens (tertiary/aromatic N) is 1. The van der Waals surface area contributed by atoms with Crippen molar-refractivity contribution in [3.05, 3.63) is 12.7 Å². The second-order valence-electron chi connectivity index (χ2n) is 19.3. The molecule has 5 aliphatic carbocycles. The van der Waals surface area contributed by atoms with Crippen LogP contribution >= 0.6 is 0 Å². The first kappa shape index (κ1) is 64.3. The van der Waals surface area contributed by atoms with Gasteiger partial charge >= 0.3 is 6.03 Å². The standard InChI is InChI=1S/C28H45N3O5S.C12H19NO2.C3H8.5C2H6/c1-8-25(3,4)22(23(33)31-16-19-20(26(19,5)6)21(31)18(2)32)29-24(34)30-28(12-10-9-11-13-28)17-37(35,36)27(7)14-15-27;1-8(2-3-9-4-5-9)11(14)12(15)13-10-6-7-10;1-3-2;5*1-2/h8,19-22H,1,9-17H2,2-7H3,(H2,29,30,34);8-10H,2-7H2,1H3,(H,13,15);3H2,1-2H3;5*1-2H3/t19-,20-,21+,22+;8-;;;;;;/m00....../s1. The number of urea groups is 1. The quantitative estimate of drug-likeness (QED) is 0.109. The number of carbonyl (C=O) groups is 5. The molecule has 0 aromatic heterocycles. The van der Waals surface area contributed by atoms with Gasteiger partial charge in [-0.2, -0.15) is 0 Å². The first-order valence-corrected chi connectivity index (χ1v) is 27.8. The summed E-state index contributed by atoms with van der Waals surface area (Å²) in [5, 5.41) is 8.66. The van der Waals surface area contributed by atoms with E-state index in [1.807, 2.05) is 90.0 Å². The maximum atomic E-state index is 13.9. The molecule has 11 nitrogen and oxygen atoms in total. The third-order valence-corrected chi connectivity index (χ3v) is 16.2. The second kappa shape index (κ2) is 29.9. The Labute approximate surface area is 400 Å². The zero-order valence-electron chi connectivity index (χ0n) is 45.4. The van der Waals surface area contributed by atoms with Gasteiger partial charge in [-0.05, 0) is 88.4 Å². The fourth-order valence-corrected chi connectivity index (χ4v) is 10.7. The van der Waals surface area contributed by atoms with Gasteiger partial charge in [-0.15, -0.1) is 6.58 Å². The number of ketones is 2. The lowest BCUT2D eigenvalue weighted by Gasteiger charge is -2.41. The number of sulfone groups is 1. The lowest BCUT2D eigenvalue weighted by molar-refractivity contribution is -0.142. The fraction of sp³-hybridized carbons (Fsp3) is 0.868. The van der Waals surface area contributed by atoms with E-state index in [1.165, 1.54) is 26.2 Å². The van der Waals surface area contributed by atoms with Gasteiger partial charge in [0.25, 0.3) is 5.91 Å². The van der Waals surface area contributed by atoms with Gasteiger partial charge in [0, 0.05) is 23.9 Å². The van der Waals surface area contributed by atoms with Crippen molar-refractivity contribution in [2.75, 3.05) is 12.3 Å². The van der Waals surface area contributed by atoms with Crippen LogP contribution in [0.1, 0.15) is 221 Å². The third-order valence-electron chi connectivity index (χ3n) is 13.3. The molecule has 65 heavy (non-hydrogen) atoms. The Morgan fingerprint density at radius 3 is 1.72 bits per heavy atom. The number of hydrogen-bond acceptors (Lipinski definition) is 7. The minimum atomic E-state index is -3.38. The fourth-order valence-electron chi connectivity index (χ4n) is 8.53. The molecule has 4 amide bonds. The Balaban J connectivity index is 0. The topological polar surface area (TPSA) is 159 Å². The van der Waals surface area contributed by atoms with Crippen molar-refractivity contribution in [1.82, 2.24) is 20.9 Å². The number of fused-ring (bicyclic) bond motifs is 1. The predicted molar refractivity (Wildman–Crippen MR) is 274 cm³/mol. The molecule has 12 heteroatoms. The average Bonchev–Trinajstić information content (AvgIpc) is 4.17. The molecule has 0 radical (unpaired) electrons. The summed E-state index contributed by atoms with van der Waals surface area (Å²) in [4.78, 5) is 64.7. The van der Waals surface area contributed by atoms with Crippen LogP contribution in [0.2, 0.25) is 0 Å². The van der Waals surface area contributed by atoms with Crippen LogP contribution in [-0.2, 0) is 29.0 Å². The smallest absolute Gasteiger partial charge is 0.315 e. The molecule has 0 spiro atoms. The van der Waals surface area contributed by atoms with E-state index in [-0.39, 0.29) is 58.3 Å².